The molecule has 0 heterocycles. The highest BCUT2D eigenvalue weighted by Crippen LogP contribution is 2.51. The number of fused-ring (bicyclic) bond motifs is 3. The summed E-state index contributed by atoms with van der Waals surface area (Å²) in [6, 6.07) is 10.5. The van der Waals surface area contributed by atoms with Crippen molar-refractivity contribution in [1.82, 2.24) is 5.32 Å². The van der Waals surface area contributed by atoms with Crippen LogP contribution >= 0.6 is 0 Å². The second-order valence-corrected chi connectivity index (χ2v) is 9.57. The van der Waals surface area contributed by atoms with Gasteiger partial charge in [-0.25, -0.2) is 0 Å². The number of ether oxygens (including phenoxy) is 1. The third kappa shape index (κ3) is 3.59. The van der Waals surface area contributed by atoms with Gasteiger partial charge in [-0.15, -0.1) is 0 Å². The van der Waals surface area contributed by atoms with E-state index < -0.39 is 58.0 Å². The average Bonchev–Trinajstić information content (AvgIpc) is 2.86. The van der Waals surface area contributed by atoms with Gasteiger partial charge < -0.3 is 36.2 Å². The van der Waals surface area contributed by atoms with Gasteiger partial charge in [0.05, 0.1) is 18.7 Å². The maximum absolute atomic E-state index is 13.8. The topological polar surface area (TPSA) is 179 Å². The molecule has 0 radical (unpaired) electrons. The number of nitrogens with two attached hydrogens (primary N) is 1. The molecule has 3 aliphatic rings. The number of Topliss-reactive ketones (excluding diaryl/α,β-unsaturated/α-hetero) is 2. The fourth-order valence-corrected chi connectivity index (χ4v) is 5.82. The molecule has 2 aromatic carbocycles. The monoisotopic (exact) mass is 506 g/mol. The van der Waals surface area contributed by atoms with Gasteiger partial charge in [-0.05, 0) is 48.1 Å². The largest absolute Gasteiger partial charge is 0.508 e. The summed E-state index contributed by atoms with van der Waals surface area (Å²) in [5, 5.41) is 46.9. The van der Waals surface area contributed by atoms with Crippen LogP contribution in [0.2, 0.25) is 0 Å². The zero-order valence-corrected chi connectivity index (χ0v) is 19.9. The minimum absolute atomic E-state index is 0.0266. The lowest BCUT2D eigenvalue weighted by Crippen LogP contribution is -2.66. The van der Waals surface area contributed by atoms with Crippen molar-refractivity contribution in [2.75, 3.05) is 7.11 Å². The molecule has 192 valence electrons. The Hall–Kier alpha value is -4.15. The standard InChI is InChI=1S/C27H26N2O8/c1-37-15-7-5-12(6-8-15)11-29-21-16-10-14-9-13-3-2-4-17(30)18(13)22(31)19(14)24(33)27(16,36)25(34)20(23(21)32)26(28)35/h2-8,14,16,21,29-31,34,36H,9-11H2,1H3,(H2,28,35). The lowest BCUT2D eigenvalue weighted by molar-refractivity contribution is -0.150. The van der Waals surface area contributed by atoms with Crippen LogP contribution in [0.4, 0.5) is 0 Å². The Balaban J connectivity index is 1.59. The van der Waals surface area contributed by atoms with Crippen molar-refractivity contribution in [3.8, 4) is 11.5 Å². The molecule has 0 aliphatic heterocycles. The molecule has 10 heteroatoms. The number of carbonyl (C=O) groups is 3. The first-order valence-corrected chi connectivity index (χ1v) is 11.7. The van der Waals surface area contributed by atoms with E-state index in [2.05, 4.69) is 5.32 Å². The lowest BCUT2D eigenvalue weighted by Gasteiger charge is -2.49. The summed E-state index contributed by atoms with van der Waals surface area (Å²) in [7, 11) is 1.53. The van der Waals surface area contributed by atoms with E-state index in [1.807, 2.05) is 0 Å². The summed E-state index contributed by atoms with van der Waals surface area (Å²) in [6.45, 7) is 0.142. The number of hydrogen-bond acceptors (Lipinski definition) is 9. The zero-order valence-electron chi connectivity index (χ0n) is 19.9. The van der Waals surface area contributed by atoms with Gasteiger partial charge in [0.25, 0.3) is 5.91 Å². The van der Waals surface area contributed by atoms with Crippen LogP contribution < -0.4 is 15.8 Å². The van der Waals surface area contributed by atoms with E-state index in [0.717, 1.165) is 5.56 Å². The fraction of sp³-hybridized carbons (Fsp3) is 0.296. The number of hydrogen-bond donors (Lipinski definition) is 6. The van der Waals surface area contributed by atoms with E-state index in [9.17, 15) is 34.8 Å². The number of amides is 1. The molecular weight excluding hydrogens is 480 g/mol. The second-order valence-electron chi connectivity index (χ2n) is 9.57. The fourth-order valence-electron chi connectivity index (χ4n) is 5.82. The van der Waals surface area contributed by atoms with Crippen molar-refractivity contribution in [1.29, 1.82) is 0 Å². The summed E-state index contributed by atoms with van der Waals surface area (Å²) in [5.74, 6) is -6.15. The van der Waals surface area contributed by atoms with Crippen molar-refractivity contribution >= 4 is 23.2 Å². The summed E-state index contributed by atoms with van der Waals surface area (Å²) in [5.41, 5.74) is 3.10. The van der Waals surface area contributed by atoms with Gasteiger partial charge >= 0.3 is 0 Å². The Morgan fingerprint density at radius 3 is 2.49 bits per heavy atom. The van der Waals surface area contributed by atoms with Crippen LogP contribution in [-0.2, 0) is 27.3 Å². The van der Waals surface area contributed by atoms with Gasteiger partial charge in [-0.3, -0.25) is 14.4 Å². The third-order valence-corrected chi connectivity index (χ3v) is 7.62. The minimum Gasteiger partial charge on any atom is -0.508 e. The van der Waals surface area contributed by atoms with Gasteiger partial charge in [0.2, 0.25) is 5.78 Å². The maximum Gasteiger partial charge on any atom is 0.255 e. The van der Waals surface area contributed by atoms with Crippen LogP contribution in [0.1, 0.15) is 23.1 Å². The highest BCUT2D eigenvalue weighted by Gasteiger charge is 2.63. The first-order chi connectivity index (χ1) is 17.6. The second kappa shape index (κ2) is 8.75. The van der Waals surface area contributed by atoms with E-state index in [4.69, 9.17) is 10.5 Å². The molecule has 3 aliphatic carbocycles. The molecule has 1 fully saturated rings. The van der Waals surface area contributed by atoms with Crippen LogP contribution in [0.25, 0.3) is 5.76 Å². The smallest absolute Gasteiger partial charge is 0.255 e. The Morgan fingerprint density at radius 1 is 1.14 bits per heavy atom. The minimum atomic E-state index is -2.68. The highest BCUT2D eigenvalue weighted by atomic mass is 16.5. The number of aliphatic hydroxyl groups excluding tert-OH is 2. The molecule has 1 saturated carbocycles. The van der Waals surface area contributed by atoms with Gasteiger partial charge in [-0.1, -0.05) is 24.3 Å². The number of carbonyl (C=O) groups excluding carboxylic acids is 3. The van der Waals surface area contributed by atoms with Crippen molar-refractivity contribution in [2.24, 2.45) is 17.6 Å². The SMILES string of the molecule is COc1ccc(CNC2C(=O)C(C(N)=O)=C(O)C3(O)C(=O)C4=C(O)c5c(O)cccc5CC4CC23)cc1. The van der Waals surface area contributed by atoms with Gasteiger partial charge in [-0.2, -0.15) is 0 Å². The summed E-state index contributed by atoms with van der Waals surface area (Å²) in [4.78, 5) is 39.3. The van der Waals surface area contributed by atoms with Gasteiger partial charge in [0.15, 0.2) is 11.4 Å². The number of methoxy groups -OCH3 is 1. The summed E-state index contributed by atoms with van der Waals surface area (Å²) in [6.07, 6.45) is 0.285. The van der Waals surface area contributed by atoms with Gasteiger partial charge in [0, 0.05) is 18.0 Å². The number of primary amides is 1. The number of aromatic hydroxyl groups is 1. The molecule has 37 heavy (non-hydrogen) atoms. The molecular formula is C27H26N2O8. The van der Waals surface area contributed by atoms with E-state index >= 15 is 0 Å². The van der Waals surface area contributed by atoms with Crippen molar-refractivity contribution in [3.63, 3.8) is 0 Å². The molecule has 0 bridgehead atoms. The summed E-state index contributed by atoms with van der Waals surface area (Å²) < 4.78 is 5.15. The molecule has 4 unspecified atom stereocenters. The Labute approximate surface area is 211 Å². The maximum atomic E-state index is 13.8. The third-order valence-electron chi connectivity index (χ3n) is 7.62. The number of nitrogens with one attached hydrogen (secondary N) is 1. The Kier molecular flexibility index (Phi) is 5.81. The van der Waals surface area contributed by atoms with Crippen LogP contribution in [0.5, 0.6) is 11.5 Å². The van der Waals surface area contributed by atoms with Crippen molar-refractivity contribution in [3.05, 3.63) is 76.1 Å². The molecule has 0 spiro atoms. The van der Waals surface area contributed by atoms with Crippen LogP contribution in [0.15, 0.2) is 59.4 Å². The predicted octanol–water partition coefficient (Wildman–Crippen LogP) is 1.20. The molecule has 2 aromatic rings. The molecule has 1 amide bonds. The Bertz CT molecular complexity index is 1390. The zero-order chi connectivity index (χ0) is 26.6. The number of phenols is 1. The molecule has 0 saturated heterocycles. The van der Waals surface area contributed by atoms with E-state index in [1.54, 1.807) is 36.4 Å². The first kappa shape index (κ1) is 24.5. The predicted molar refractivity (Wildman–Crippen MR) is 130 cm³/mol. The summed E-state index contributed by atoms with van der Waals surface area (Å²) >= 11 is 0. The first-order valence-electron chi connectivity index (χ1n) is 11.7. The normalized spacial score (nSPS) is 26.9. The highest BCUT2D eigenvalue weighted by molar-refractivity contribution is 6.24. The molecule has 4 atom stereocenters. The molecule has 10 nitrogen and oxygen atoms in total. The quantitative estimate of drug-likeness (QED) is 0.325. The van der Waals surface area contributed by atoms with E-state index in [0.29, 0.717) is 11.3 Å². The molecule has 0 aromatic heterocycles. The van der Waals surface area contributed by atoms with Crippen LogP contribution in [-0.4, -0.2) is 56.7 Å². The van der Waals surface area contributed by atoms with E-state index in [-0.39, 0.29) is 36.3 Å². The Morgan fingerprint density at radius 2 is 1.84 bits per heavy atom. The van der Waals surface area contributed by atoms with Crippen molar-refractivity contribution in [2.45, 2.75) is 31.0 Å². The lowest BCUT2D eigenvalue weighted by atomic mass is 9.57. The van der Waals surface area contributed by atoms with Gasteiger partial charge in [0.1, 0.15) is 28.6 Å². The van der Waals surface area contributed by atoms with Crippen molar-refractivity contribution < 1.29 is 39.5 Å². The molecule has 5 rings (SSSR count). The average molecular weight is 507 g/mol. The van der Waals surface area contributed by atoms with E-state index in [1.165, 1.54) is 13.2 Å². The number of ketones is 2. The number of rotatable bonds is 5. The number of benzene rings is 2. The van der Waals surface area contributed by atoms with Crippen LogP contribution in [0.3, 0.4) is 0 Å². The molecule has 7 N–H and O–H groups in total. The number of phenolic OH excluding ortho intramolecular Hbond substituents is 1. The van der Waals surface area contributed by atoms with Crippen LogP contribution in [0, 0.1) is 11.8 Å². The number of aliphatic hydroxyl groups is 3.